The number of ether oxygens (including phenoxy) is 1. The van der Waals surface area contributed by atoms with Gasteiger partial charge < -0.3 is 14.2 Å². The quantitative estimate of drug-likeness (QED) is 0.257. The molecule has 1 amide bonds. The van der Waals surface area contributed by atoms with Crippen molar-refractivity contribution in [3.8, 4) is 0 Å². The van der Waals surface area contributed by atoms with Crippen molar-refractivity contribution in [2.75, 3.05) is 39.4 Å². The van der Waals surface area contributed by atoms with E-state index in [0.29, 0.717) is 44.1 Å². The van der Waals surface area contributed by atoms with Crippen LogP contribution in [-0.4, -0.2) is 73.1 Å². The molecule has 0 N–H and O–H groups in total. The second kappa shape index (κ2) is 13.5. The Morgan fingerprint density at radius 3 is 2.33 bits per heavy atom. The molecule has 1 aliphatic rings. The molecule has 220 valence electrons. The highest BCUT2D eigenvalue weighted by atomic mass is 32.2. The van der Waals surface area contributed by atoms with Crippen LogP contribution in [0.2, 0.25) is 0 Å². The van der Waals surface area contributed by atoms with Crippen LogP contribution in [0.25, 0.3) is 0 Å². The first-order valence-electron chi connectivity index (χ1n) is 14.3. The number of aromatic nitrogens is 2. The van der Waals surface area contributed by atoms with E-state index in [9.17, 15) is 13.2 Å². The van der Waals surface area contributed by atoms with Gasteiger partial charge in [0.2, 0.25) is 15.0 Å². The van der Waals surface area contributed by atoms with Crippen LogP contribution in [0.5, 0.6) is 0 Å². The second-order valence-corrected chi connectivity index (χ2v) is 12.7. The van der Waals surface area contributed by atoms with Crippen LogP contribution < -0.4 is 0 Å². The fraction of sp³-hybridized carbons (Fsp3) is 0.333. The van der Waals surface area contributed by atoms with Gasteiger partial charge in [0, 0.05) is 31.7 Å². The largest absolute Gasteiger partial charge is 0.379 e. The van der Waals surface area contributed by atoms with E-state index >= 15 is 0 Å². The van der Waals surface area contributed by atoms with E-state index < -0.39 is 9.84 Å². The summed E-state index contributed by atoms with van der Waals surface area (Å²) < 4.78 is 34.9. The molecule has 2 heterocycles. The van der Waals surface area contributed by atoms with Gasteiger partial charge in [-0.15, -0.1) is 0 Å². The van der Waals surface area contributed by atoms with Crippen molar-refractivity contribution in [2.45, 2.75) is 37.8 Å². The maximum atomic E-state index is 13.8. The topological polar surface area (TPSA) is 84.7 Å². The van der Waals surface area contributed by atoms with Crippen molar-refractivity contribution < 1.29 is 17.9 Å². The number of amides is 1. The summed E-state index contributed by atoms with van der Waals surface area (Å²) in [7, 11) is -3.78. The Morgan fingerprint density at radius 1 is 0.929 bits per heavy atom. The summed E-state index contributed by atoms with van der Waals surface area (Å²) in [5, 5.41) is 0.0144. The highest BCUT2D eigenvalue weighted by Crippen LogP contribution is 2.22. The van der Waals surface area contributed by atoms with Crippen LogP contribution in [0, 0.1) is 13.8 Å². The number of carbonyl (C=O) groups excluding carboxylic acids is 1. The molecule has 4 aromatic rings. The molecule has 0 bridgehead atoms. The molecule has 3 aromatic carbocycles. The Hall–Kier alpha value is -3.79. The average molecular weight is 587 g/mol. The maximum Gasteiger partial charge on any atom is 0.254 e. The molecule has 0 saturated carbocycles. The fourth-order valence-electron chi connectivity index (χ4n) is 5.16. The lowest BCUT2D eigenvalue weighted by molar-refractivity contribution is 0.0319. The third-order valence-corrected chi connectivity index (χ3v) is 9.27. The van der Waals surface area contributed by atoms with Gasteiger partial charge in [-0.05, 0) is 42.7 Å². The van der Waals surface area contributed by atoms with E-state index in [1.807, 2.05) is 92.7 Å². The molecular weight excluding hydrogens is 548 g/mol. The lowest BCUT2D eigenvalue weighted by Gasteiger charge is -2.30. The minimum absolute atomic E-state index is 0.0144. The normalized spacial score (nSPS) is 14.1. The number of rotatable bonds is 11. The maximum absolute atomic E-state index is 13.8. The van der Waals surface area contributed by atoms with Gasteiger partial charge in [-0.2, -0.15) is 0 Å². The zero-order chi connectivity index (χ0) is 29.5. The highest BCUT2D eigenvalue weighted by molar-refractivity contribution is 7.90. The van der Waals surface area contributed by atoms with Gasteiger partial charge >= 0.3 is 0 Å². The van der Waals surface area contributed by atoms with Gasteiger partial charge in [0.15, 0.2) is 0 Å². The third kappa shape index (κ3) is 7.34. The molecule has 0 aliphatic carbocycles. The summed E-state index contributed by atoms with van der Waals surface area (Å²) in [5.74, 6) is -0.242. The number of benzene rings is 3. The number of aryl methyl sites for hydroxylation is 2. The van der Waals surface area contributed by atoms with Gasteiger partial charge in [0.25, 0.3) is 5.91 Å². The van der Waals surface area contributed by atoms with Crippen molar-refractivity contribution in [3.05, 3.63) is 119 Å². The number of hydrogen-bond donors (Lipinski definition) is 0. The molecule has 9 heteroatoms. The molecule has 0 radical (unpaired) electrons. The molecule has 1 fully saturated rings. The van der Waals surface area contributed by atoms with Crippen molar-refractivity contribution in [2.24, 2.45) is 0 Å². The molecule has 5 rings (SSSR count). The minimum Gasteiger partial charge on any atom is -0.379 e. The van der Waals surface area contributed by atoms with Crippen LogP contribution in [0.15, 0.2) is 90.2 Å². The summed E-state index contributed by atoms with van der Waals surface area (Å²) >= 11 is 0. The number of nitrogens with zero attached hydrogens (tertiary/aromatic N) is 4. The number of morpholine rings is 1. The average Bonchev–Trinajstić information content (AvgIpc) is 3.40. The smallest absolute Gasteiger partial charge is 0.254 e. The number of carbonyl (C=O) groups is 1. The van der Waals surface area contributed by atoms with Crippen LogP contribution in [0.1, 0.15) is 38.3 Å². The first-order chi connectivity index (χ1) is 20.3. The molecule has 0 spiro atoms. The zero-order valence-electron chi connectivity index (χ0n) is 24.3. The van der Waals surface area contributed by atoms with E-state index in [1.54, 1.807) is 15.7 Å². The summed E-state index contributed by atoms with van der Waals surface area (Å²) in [5.41, 5.74) is 4.97. The second-order valence-electron chi connectivity index (χ2n) is 10.8. The van der Waals surface area contributed by atoms with Crippen molar-refractivity contribution in [1.29, 1.82) is 0 Å². The van der Waals surface area contributed by atoms with Crippen LogP contribution in [0.3, 0.4) is 0 Å². The summed E-state index contributed by atoms with van der Waals surface area (Å²) in [6.07, 6.45) is 1.61. The van der Waals surface area contributed by atoms with Crippen molar-refractivity contribution in [3.63, 3.8) is 0 Å². The Morgan fingerprint density at radius 2 is 1.62 bits per heavy atom. The first-order valence-corrected chi connectivity index (χ1v) is 16.0. The predicted octanol–water partition coefficient (Wildman–Crippen LogP) is 4.50. The van der Waals surface area contributed by atoms with Crippen molar-refractivity contribution in [1.82, 2.24) is 19.4 Å². The Kier molecular flexibility index (Phi) is 9.51. The van der Waals surface area contributed by atoms with E-state index in [-0.39, 0.29) is 23.4 Å². The minimum atomic E-state index is -3.78. The molecule has 0 atom stereocenters. The van der Waals surface area contributed by atoms with Gasteiger partial charge in [0.05, 0.1) is 43.9 Å². The third-order valence-electron chi connectivity index (χ3n) is 7.70. The van der Waals surface area contributed by atoms with E-state index in [1.165, 1.54) is 0 Å². The van der Waals surface area contributed by atoms with Crippen LogP contribution in [0.4, 0.5) is 0 Å². The number of hydrogen-bond acceptors (Lipinski definition) is 6. The summed E-state index contributed by atoms with van der Waals surface area (Å²) in [6.45, 7) is 8.66. The predicted molar refractivity (Wildman–Crippen MR) is 163 cm³/mol. The van der Waals surface area contributed by atoms with Crippen molar-refractivity contribution >= 4 is 15.7 Å². The SMILES string of the molecule is Cc1ccc(C(=O)N(CCN2CCOCC2)Cc2cnc(S(=O)(=O)Cc3ccccc3C)n2Cc2ccccc2)cc1. The number of sulfone groups is 1. The summed E-state index contributed by atoms with van der Waals surface area (Å²) in [6, 6.07) is 24.8. The zero-order valence-corrected chi connectivity index (χ0v) is 25.1. The Balaban J connectivity index is 1.48. The molecule has 8 nitrogen and oxygen atoms in total. The molecule has 0 unspecified atom stereocenters. The van der Waals surface area contributed by atoms with Gasteiger partial charge in [0.1, 0.15) is 0 Å². The lowest BCUT2D eigenvalue weighted by atomic mass is 10.1. The molecule has 42 heavy (non-hydrogen) atoms. The van der Waals surface area contributed by atoms with Crippen LogP contribution in [-0.2, 0) is 33.4 Å². The van der Waals surface area contributed by atoms with Gasteiger partial charge in [-0.25, -0.2) is 13.4 Å². The molecular formula is C33H38N4O4S. The van der Waals surface area contributed by atoms with Crippen LogP contribution >= 0.6 is 0 Å². The Labute approximate surface area is 248 Å². The van der Waals surface area contributed by atoms with Gasteiger partial charge in [-0.1, -0.05) is 72.3 Å². The van der Waals surface area contributed by atoms with Gasteiger partial charge in [-0.3, -0.25) is 9.69 Å². The first kappa shape index (κ1) is 29.7. The standard InChI is InChI=1S/C33H38N4O4S/c1-26-12-14-29(15-13-26)32(38)36(17-16-35-18-20-41-21-19-35)24-31-22-34-33(37(31)23-28-9-4-3-5-10-28)42(39,40)25-30-11-7-6-8-27(30)2/h3-15,22H,16-21,23-25H2,1-2H3. The number of imidazole rings is 1. The Bertz CT molecular complexity index is 1590. The van der Waals surface area contributed by atoms with E-state index in [0.717, 1.165) is 35.3 Å². The lowest BCUT2D eigenvalue weighted by Crippen LogP contribution is -2.43. The fourth-order valence-corrected chi connectivity index (χ4v) is 6.75. The van der Waals surface area contributed by atoms with E-state index in [2.05, 4.69) is 9.88 Å². The highest BCUT2D eigenvalue weighted by Gasteiger charge is 2.27. The monoisotopic (exact) mass is 586 g/mol. The van der Waals surface area contributed by atoms with E-state index in [4.69, 9.17) is 4.74 Å². The summed E-state index contributed by atoms with van der Waals surface area (Å²) in [4.78, 5) is 22.4. The molecule has 1 saturated heterocycles. The molecule has 1 aromatic heterocycles. The molecule has 1 aliphatic heterocycles.